The minimum Gasteiger partial charge on any atom is -0.493 e. The lowest BCUT2D eigenvalue weighted by atomic mass is 9.96. The van der Waals surface area contributed by atoms with Crippen molar-refractivity contribution in [2.24, 2.45) is 0 Å². The molecule has 2 aliphatic rings. The molecular weight excluding hydrogens is 538 g/mol. The van der Waals surface area contributed by atoms with Crippen LogP contribution in [-0.2, 0) is 16.6 Å². The number of halogens is 2. The number of aromatic nitrogens is 1. The summed E-state index contributed by atoms with van der Waals surface area (Å²) in [4.78, 5) is 14.7. The Kier molecular flexibility index (Phi) is 5.42. The lowest BCUT2D eigenvalue weighted by Crippen LogP contribution is -2.32. The van der Waals surface area contributed by atoms with Crippen molar-refractivity contribution in [3.05, 3.63) is 79.4 Å². The monoisotopic (exact) mass is 551 g/mol. The van der Waals surface area contributed by atoms with Crippen LogP contribution in [0.5, 0.6) is 11.5 Å². The predicted molar refractivity (Wildman–Crippen MR) is 124 cm³/mol. The zero-order valence-corrected chi connectivity index (χ0v) is 19.9. The molecule has 0 amide bonds. The molecule has 5 rings (SSSR count). The molecular formula is C21H15BrClN3O6S. The van der Waals surface area contributed by atoms with Crippen molar-refractivity contribution >= 4 is 49.1 Å². The van der Waals surface area contributed by atoms with Crippen LogP contribution < -0.4 is 13.8 Å². The van der Waals surface area contributed by atoms with Gasteiger partial charge in [-0.25, -0.2) is 17.7 Å². The van der Waals surface area contributed by atoms with Crippen LogP contribution in [0.4, 0.5) is 11.5 Å². The van der Waals surface area contributed by atoms with Crippen LogP contribution in [0.1, 0.15) is 17.0 Å². The number of sulfonamides is 1. The summed E-state index contributed by atoms with van der Waals surface area (Å²) >= 11 is 9.52. The predicted octanol–water partition coefficient (Wildman–Crippen LogP) is 4.67. The van der Waals surface area contributed by atoms with E-state index in [9.17, 15) is 18.5 Å². The molecule has 9 nitrogen and oxygen atoms in total. The maximum atomic E-state index is 13.9. The molecule has 170 valence electrons. The van der Waals surface area contributed by atoms with E-state index in [1.165, 1.54) is 18.2 Å². The van der Waals surface area contributed by atoms with Gasteiger partial charge < -0.3 is 9.47 Å². The molecule has 0 saturated carbocycles. The first-order valence-electron chi connectivity index (χ1n) is 9.77. The van der Waals surface area contributed by atoms with E-state index >= 15 is 0 Å². The van der Waals surface area contributed by atoms with Gasteiger partial charge in [-0.05, 0) is 33.6 Å². The SMILES string of the molecule is O=[N+]([O-])c1ccccc1S(=O)(=O)N1Cc2cccc3c2[C@@H](COc2cc(Br)c(Cl)nc21)CO3. The third-order valence-corrected chi connectivity index (χ3v) is 8.41. The first-order chi connectivity index (χ1) is 15.8. The van der Waals surface area contributed by atoms with Crippen molar-refractivity contribution in [2.45, 2.75) is 17.4 Å². The number of pyridine rings is 1. The summed E-state index contributed by atoms with van der Waals surface area (Å²) < 4.78 is 41.0. The Morgan fingerprint density at radius 3 is 2.61 bits per heavy atom. The summed E-state index contributed by atoms with van der Waals surface area (Å²) in [6.45, 7) is 0.478. The highest BCUT2D eigenvalue weighted by Gasteiger charge is 2.38. The largest absolute Gasteiger partial charge is 0.493 e. The van der Waals surface area contributed by atoms with Crippen molar-refractivity contribution in [2.75, 3.05) is 17.5 Å². The summed E-state index contributed by atoms with van der Waals surface area (Å²) in [7, 11) is -4.45. The Hall–Kier alpha value is -2.89. The highest BCUT2D eigenvalue weighted by molar-refractivity contribution is 9.10. The third kappa shape index (κ3) is 3.69. The van der Waals surface area contributed by atoms with Crippen LogP contribution in [-0.4, -0.2) is 31.5 Å². The molecule has 0 N–H and O–H groups in total. The first kappa shape index (κ1) is 21.9. The van der Waals surface area contributed by atoms with Gasteiger partial charge in [0.2, 0.25) is 0 Å². The lowest BCUT2D eigenvalue weighted by molar-refractivity contribution is -0.387. The molecule has 0 radical (unpaired) electrons. The molecule has 0 aliphatic carbocycles. The zero-order valence-electron chi connectivity index (χ0n) is 16.8. The number of hydrogen-bond donors (Lipinski definition) is 0. The second-order valence-corrected chi connectivity index (χ2v) is 10.5. The Labute approximate surface area is 202 Å². The number of rotatable bonds is 3. The first-order valence-corrected chi connectivity index (χ1v) is 12.4. The van der Waals surface area contributed by atoms with E-state index in [4.69, 9.17) is 21.1 Å². The Morgan fingerprint density at radius 2 is 1.85 bits per heavy atom. The smallest absolute Gasteiger partial charge is 0.289 e. The second kappa shape index (κ2) is 8.15. The number of ether oxygens (including phenoxy) is 2. The average molecular weight is 553 g/mol. The maximum absolute atomic E-state index is 13.9. The van der Waals surface area contributed by atoms with Gasteiger partial charge in [0.1, 0.15) is 10.9 Å². The summed E-state index contributed by atoms with van der Waals surface area (Å²) in [5.41, 5.74) is 0.996. The van der Waals surface area contributed by atoms with Gasteiger partial charge in [-0.1, -0.05) is 35.9 Å². The minimum absolute atomic E-state index is 0.0281. The molecule has 12 heteroatoms. The Balaban J connectivity index is 1.76. The number of nitro benzene ring substituents is 1. The van der Waals surface area contributed by atoms with Crippen LogP contribution in [0.3, 0.4) is 0 Å². The van der Waals surface area contributed by atoms with E-state index in [0.29, 0.717) is 22.4 Å². The van der Waals surface area contributed by atoms with E-state index in [2.05, 4.69) is 20.9 Å². The van der Waals surface area contributed by atoms with Crippen LogP contribution >= 0.6 is 27.5 Å². The minimum atomic E-state index is -4.45. The van der Waals surface area contributed by atoms with Gasteiger partial charge >= 0.3 is 0 Å². The fraction of sp³-hybridized carbons (Fsp3) is 0.190. The van der Waals surface area contributed by atoms with Crippen LogP contribution in [0.25, 0.3) is 0 Å². The van der Waals surface area contributed by atoms with Crippen LogP contribution in [0.15, 0.2) is 57.9 Å². The maximum Gasteiger partial charge on any atom is 0.289 e. The number of nitro groups is 1. The summed E-state index contributed by atoms with van der Waals surface area (Å²) in [6.07, 6.45) is 0. The standard InChI is InChI=1S/C21H15BrClN3O6S/c22-14-8-17-21(24-20(14)23)25(33(29,30)18-7-2-1-5-15(18)26(27)28)9-12-4-3-6-16-19(12)13(10-31-16)11-32-17/h1-8,13H,9-11H2/t13-/m1/s1. The number of benzene rings is 2. The van der Waals surface area contributed by atoms with E-state index in [-0.39, 0.29) is 35.8 Å². The number of hydrogen-bond acceptors (Lipinski definition) is 7. The molecule has 0 fully saturated rings. The Bertz CT molecular complexity index is 1400. The van der Waals surface area contributed by atoms with E-state index in [1.807, 2.05) is 6.07 Å². The lowest BCUT2D eigenvalue weighted by Gasteiger charge is -2.25. The topological polar surface area (TPSA) is 112 Å². The quantitative estimate of drug-likeness (QED) is 0.264. The average Bonchev–Trinajstić information content (AvgIpc) is 3.23. The highest BCUT2D eigenvalue weighted by Crippen LogP contribution is 2.44. The Morgan fingerprint density at radius 1 is 1.12 bits per heavy atom. The van der Waals surface area contributed by atoms with E-state index < -0.39 is 25.5 Å². The van der Waals surface area contributed by atoms with Crippen LogP contribution in [0, 0.1) is 10.1 Å². The fourth-order valence-corrected chi connectivity index (χ4v) is 6.00. The second-order valence-electron chi connectivity index (χ2n) is 7.47. The summed E-state index contributed by atoms with van der Waals surface area (Å²) in [5.74, 6) is 0.657. The third-order valence-electron chi connectivity index (χ3n) is 5.50. The number of anilines is 1. The molecule has 0 bridgehead atoms. The van der Waals surface area contributed by atoms with Crippen molar-refractivity contribution < 1.29 is 22.8 Å². The number of fused-ring (bicyclic) bond motifs is 1. The molecule has 33 heavy (non-hydrogen) atoms. The summed E-state index contributed by atoms with van der Waals surface area (Å²) in [6, 6.07) is 12.1. The molecule has 2 aromatic carbocycles. The van der Waals surface area contributed by atoms with Crippen molar-refractivity contribution in [1.29, 1.82) is 0 Å². The highest BCUT2D eigenvalue weighted by atomic mass is 79.9. The number of para-hydroxylation sites is 1. The van der Waals surface area contributed by atoms with E-state index in [1.54, 1.807) is 18.2 Å². The van der Waals surface area contributed by atoms with Gasteiger partial charge in [-0.2, -0.15) is 0 Å². The van der Waals surface area contributed by atoms with Crippen molar-refractivity contribution in [3.63, 3.8) is 0 Å². The van der Waals surface area contributed by atoms with Gasteiger partial charge in [-0.3, -0.25) is 10.1 Å². The normalized spacial score (nSPS) is 17.0. The summed E-state index contributed by atoms with van der Waals surface area (Å²) in [5, 5.41) is 11.6. The van der Waals surface area contributed by atoms with Gasteiger partial charge in [0.15, 0.2) is 16.5 Å². The molecule has 2 aliphatic heterocycles. The molecule has 1 aromatic heterocycles. The molecule has 1 atom stereocenters. The molecule has 0 unspecified atom stereocenters. The van der Waals surface area contributed by atoms with E-state index in [0.717, 1.165) is 15.9 Å². The molecule has 0 spiro atoms. The molecule has 3 heterocycles. The number of nitrogens with zero attached hydrogens (tertiary/aromatic N) is 3. The molecule has 0 saturated heterocycles. The van der Waals surface area contributed by atoms with Crippen LogP contribution in [0.2, 0.25) is 5.15 Å². The van der Waals surface area contributed by atoms with Gasteiger partial charge in [0, 0.05) is 17.7 Å². The van der Waals surface area contributed by atoms with Crippen molar-refractivity contribution in [3.8, 4) is 11.5 Å². The van der Waals surface area contributed by atoms with Crippen molar-refractivity contribution in [1.82, 2.24) is 4.98 Å². The van der Waals surface area contributed by atoms with Gasteiger partial charge in [0.25, 0.3) is 15.7 Å². The molecule has 3 aromatic rings. The fourth-order valence-electron chi connectivity index (χ4n) is 4.01. The van der Waals surface area contributed by atoms with Gasteiger partial charge in [-0.15, -0.1) is 0 Å². The zero-order chi connectivity index (χ0) is 23.3. The van der Waals surface area contributed by atoms with Gasteiger partial charge in [0.05, 0.1) is 35.1 Å².